The van der Waals surface area contributed by atoms with Crippen LogP contribution in [0.1, 0.15) is 46.0 Å². The largest absolute Gasteiger partial charge is 0.391 e. The summed E-state index contributed by atoms with van der Waals surface area (Å²) in [6, 6.07) is 0. The van der Waals surface area contributed by atoms with E-state index >= 15 is 0 Å². The molecule has 1 aliphatic rings. The summed E-state index contributed by atoms with van der Waals surface area (Å²) in [5.41, 5.74) is 0. The summed E-state index contributed by atoms with van der Waals surface area (Å²) in [5.74, 6) is 0.896. The number of carbonyl (C=O) groups is 1. The van der Waals surface area contributed by atoms with Crippen molar-refractivity contribution in [2.24, 2.45) is 11.8 Å². The van der Waals surface area contributed by atoms with E-state index in [0.717, 1.165) is 38.8 Å². The van der Waals surface area contributed by atoms with Gasteiger partial charge < -0.3 is 15.7 Å². The maximum Gasteiger partial charge on any atom is 0.220 e. The highest BCUT2D eigenvalue weighted by atomic mass is 16.3. The molecule has 0 aromatic carbocycles. The molecule has 1 unspecified atom stereocenters. The second-order valence-corrected chi connectivity index (χ2v) is 5.35. The second-order valence-electron chi connectivity index (χ2n) is 5.35. The number of hydrogen-bond donors (Lipinski definition) is 3. The molecule has 1 atom stereocenters. The van der Waals surface area contributed by atoms with Crippen molar-refractivity contribution in [2.45, 2.75) is 52.1 Å². The van der Waals surface area contributed by atoms with Gasteiger partial charge in [0.15, 0.2) is 0 Å². The lowest BCUT2D eigenvalue weighted by Gasteiger charge is -2.23. The van der Waals surface area contributed by atoms with E-state index in [9.17, 15) is 9.90 Å². The van der Waals surface area contributed by atoms with Crippen LogP contribution in [0.3, 0.4) is 0 Å². The summed E-state index contributed by atoms with van der Waals surface area (Å²) in [6.07, 6.45) is 4.29. The van der Waals surface area contributed by atoms with Crippen LogP contribution in [0.2, 0.25) is 0 Å². The van der Waals surface area contributed by atoms with E-state index in [0.29, 0.717) is 24.8 Å². The molecule has 4 nitrogen and oxygen atoms in total. The highest BCUT2D eigenvalue weighted by Crippen LogP contribution is 2.16. The molecule has 1 rings (SSSR count). The number of aliphatic hydroxyl groups excluding tert-OH is 1. The molecule has 0 aliphatic carbocycles. The zero-order chi connectivity index (χ0) is 13.4. The van der Waals surface area contributed by atoms with Crippen molar-refractivity contribution < 1.29 is 9.90 Å². The number of hydrogen-bond acceptors (Lipinski definition) is 3. The lowest BCUT2D eigenvalue weighted by Crippen LogP contribution is -2.38. The summed E-state index contributed by atoms with van der Waals surface area (Å²) < 4.78 is 0. The average molecular weight is 256 g/mol. The molecule has 0 radical (unpaired) electrons. The van der Waals surface area contributed by atoms with Crippen molar-refractivity contribution in [3.8, 4) is 0 Å². The normalized spacial score (nSPS) is 18.9. The molecule has 0 bridgehead atoms. The van der Waals surface area contributed by atoms with Gasteiger partial charge in [-0.3, -0.25) is 4.79 Å². The molecule has 3 N–H and O–H groups in total. The third-order valence-corrected chi connectivity index (χ3v) is 4.03. The Labute approximate surface area is 111 Å². The lowest BCUT2D eigenvalue weighted by molar-refractivity contribution is -0.122. The molecule has 1 heterocycles. The van der Waals surface area contributed by atoms with Crippen molar-refractivity contribution in [1.82, 2.24) is 10.6 Å². The summed E-state index contributed by atoms with van der Waals surface area (Å²) in [6.45, 7) is 6.60. The molecule has 0 aromatic heterocycles. The van der Waals surface area contributed by atoms with Crippen molar-refractivity contribution in [2.75, 3.05) is 19.6 Å². The predicted molar refractivity (Wildman–Crippen MR) is 73.3 cm³/mol. The van der Waals surface area contributed by atoms with Gasteiger partial charge in [-0.1, -0.05) is 26.7 Å². The molecule has 106 valence electrons. The molecule has 0 spiro atoms. The first-order valence-corrected chi connectivity index (χ1v) is 7.32. The molecule has 4 heteroatoms. The summed E-state index contributed by atoms with van der Waals surface area (Å²) in [4.78, 5) is 11.8. The minimum absolute atomic E-state index is 0.0897. The quantitative estimate of drug-likeness (QED) is 0.643. The molecular weight excluding hydrogens is 228 g/mol. The van der Waals surface area contributed by atoms with E-state index in [2.05, 4.69) is 24.5 Å². The number of nitrogens with one attached hydrogen (secondary N) is 2. The van der Waals surface area contributed by atoms with E-state index in [4.69, 9.17) is 0 Å². The molecule has 0 aromatic rings. The molecular formula is C14H28N2O2. The fourth-order valence-electron chi connectivity index (χ4n) is 2.64. The fraction of sp³-hybridized carbons (Fsp3) is 0.929. The number of aliphatic hydroxyl groups is 1. The lowest BCUT2D eigenvalue weighted by atomic mass is 9.94. The van der Waals surface area contributed by atoms with Gasteiger partial charge in [-0.15, -0.1) is 0 Å². The van der Waals surface area contributed by atoms with Crippen LogP contribution in [0, 0.1) is 11.8 Å². The van der Waals surface area contributed by atoms with Gasteiger partial charge in [0.2, 0.25) is 5.91 Å². The monoisotopic (exact) mass is 256 g/mol. The molecule has 0 saturated carbocycles. The van der Waals surface area contributed by atoms with Crippen molar-refractivity contribution in [3.05, 3.63) is 0 Å². The van der Waals surface area contributed by atoms with Crippen LogP contribution in [0.5, 0.6) is 0 Å². The van der Waals surface area contributed by atoms with Gasteiger partial charge in [-0.05, 0) is 37.8 Å². The topological polar surface area (TPSA) is 61.4 Å². The molecule has 1 fully saturated rings. The molecule has 1 saturated heterocycles. The summed E-state index contributed by atoms with van der Waals surface area (Å²) >= 11 is 0. The van der Waals surface area contributed by atoms with Gasteiger partial charge in [0.25, 0.3) is 0 Å². The van der Waals surface area contributed by atoms with Gasteiger partial charge >= 0.3 is 0 Å². The second kappa shape index (κ2) is 8.48. The third-order valence-electron chi connectivity index (χ3n) is 4.03. The Hall–Kier alpha value is -0.610. The van der Waals surface area contributed by atoms with E-state index in [1.807, 2.05) is 0 Å². The zero-order valence-corrected chi connectivity index (χ0v) is 11.7. The van der Waals surface area contributed by atoms with Gasteiger partial charge in [0, 0.05) is 13.0 Å². The number of rotatable bonds is 7. The van der Waals surface area contributed by atoms with E-state index in [-0.39, 0.29) is 5.91 Å². The standard InChI is InChI=1S/C14H28N2O2/c1-3-12(4-2)13(17)10-16-14(18)9-11-5-7-15-8-6-11/h11-13,15,17H,3-10H2,1-2H3,(H,16,18). The first kappa shape index (κ1) is 15.4. The highest BCUT2D eigenvalue weighted by Gasteiger charge is 2.19. The molecule has 1 amide bonds. The highest BCUT2D eigenvalue weighted by molar-refractivity contribution is 5.76. The van der Waals surface area contributed by atoms with Crippen molar-refractivity contribution in [1.29, 1.82) is 0 Å². The van der Waals surface area contributed by atoms with Crippen LogP contribution in [-0.2, 0) is 4.79 Å². The van der Waals surface area contributed by atoms with Crippen molar-refractivity contribution >= 4 is 5.91 Å². The summed E-state index contributed by atoms with van der Waals surface area (Å²) in [5, 5.41) is 16.1. The van der Waals surface area contributed by atoms with Gasteiger partial charge in [0.05, 0.1) is 6.10 Å². The smallest absolute Gasteiger partial charge is 0.220 e. The Balaban J connectivity index is 2.19. The number of amides is 1. The maximum absolute atomic E-state index is 11.8. The Morgan fingerprint density at radius 1 is 1.33 bits per heavy atom. The number of piperidine rings is 1. The first-order valence-electron chi connectivity index (χ1n) is 7.32. The van der Waals surface area contributed by atoms with Gasteiger partial charge in [-0.25, -0.2) is 0 Å². The van der Waals surface area contributed by atoms with Crippen LogP contribution in [0.4, 0.5) is 0 Å². The molecule has 18 heavy (non-hydrogen) atoms. The number of carbonyl (C=O) groups excluding carboxylic acids is 1. The Kier molecular flexibility index (Phi) is 7.28. The maximum atomic E-state index is 11.8. The van der Waals surface area contributed by atoms with Crippen LogP contribution in [0.15, 0.2) is 0 Å². The minimum atomic E-state index is -0.406. The fourth-order valence-corrected chi connectivity index (χ4v) is 2.64. The Morgan fingerprint density at radius 2 is 1.94 bits per heavy atom. The Bertz CT molecular complexity index is 236. The SMILES string of the molecule is CCC(CC)C(O)CNC(=O)CC1CCNCC1. The average Bonchev–Trinajstić information content (AvgIpc) is 2.39. The van der Waals surface area contributed by atoms with Gasteiger partial charge in [0.1, 0.15) is 0 Å². The van der Waals surface area contributed by atoms with E-state index in [1.165, 1.54) is 0 Å². The van der Waals surface area contributed by atoms with Crippen LogP contribution in [0.25, 0.3) is 0 Å². The molecule has 1 aliphatic heterocycles. The minimum Gasteiger partial charge on any atom is -0.391 e. The van der Waals surface area contributed by atoms with E-state index in [1.54, 1.807) is 0 Å². The van der Waals surface area contributed by atoms with Gasteiger partial charge in [-0.2, -0.15) is 0 Å². The summed E-state index contributed by atoms with van der Waals surface area (Å²) in [7, 11) is 0. The first-order chi connectivity index (χ1) is 8.67. The zero-order valence-electron chi connectivity index (χ0n) is 11.7. The van der Waals surface area contributed by atoms with Crippen LogP contribution >= 0.6 is 0 Å². The van der Waals surface area contributed by atoms with Crippen LogP contribution in [-0.4, -0.2) is 36.8 Å². The van der Waals surface area contributed by atoms with E-state index < -0.39 is 6.10 Å². The van der Waals surface area contributed by atoms with Crippen LogP contribution < -0.4 is 10.6 Å². The predicted octanol–water partition coefficient (Wildman–Crippen LogP) is 1.29. The Morgan fingerprint density at radius 3 is 2.50 bits per heavy atom. The third kappa shape index (κ3) is 5.36. The van der Waals surface area contributed by atoms with Crippen molar-refractivity contribution in [3.63, 3.8) is 0 Å².